The summed E-state index contributed by atoms with van der Waals surface area (Å²) in [5.41, 5.74) is 0.179. The van der Waals surface area contributed by atoms with Gasteiger partial charge in [0.2, 0.25) is 0 Å². The van der Waals surface area contributed by atoms with E-state index in [0.717, 1.165) is 19.7 Å². The predicted molar refractivity (Wildman–Crippen MR) is 78.1 cm³/mol. The van der Waals surface area contributed by atoms with Crippen LogP contribution in [0.15, 0.2) is 0 Å². The average Bonchev–Trinajstić information content (AvgIpc) is 2.30. The van der Waals surface area contributed by atoms with Crippen molar-refractivity contribution in [2.45, 2.75) is 58.6 Å². The minimum Gasteiger partial charge on any atom is -0.372 e. The average molecular weight is 256 g/mol. The second-order valence-electron chi connectivity index (χ2n) is 6.11. The summed E-state index contributed by atoms with van der Waals surface area (Å²) in [6, 6.07) is 0.684. The molecule has 0 bridgehead atoms. The van der Waals surface area contributed by atoms with Gasteiger partial charge in [-0.2, -0.15) is 0 Å². The largest absolute Gasteiger partial charge is 0.372 e. The molecule has 18 heavy (non-hydrogen) atoms. The maximum Gasteiger partial charge on any atom is 0.0833 e. The van der Waals surface area contributed by atoms with Gasteiger partial charge in [0.25, 0.3) is 0 Å². The molecule has 2 fully saturated rings. The van der Waals surface area contributed by atoms with E-state index in [9.17, 15) is 0 Å². The molecular weight excluding hydrogens is 224 g/mol. The van der Waals surface area contributed by atoms with Gasteiger partial charge < -0.3 is 14.5 Å². The third-order valence-corrected chi connectivity index (χ3v) is 3.88. The Balaban J connectivity index is 0.000000492. The number of nitrogens with zero attached hydrogens (tertiary/aromatic N) is 2. The highest BCUT2D eigenvalue weighted by atomic mass is 16.5. The van der Waals surface area contributed by atoms with E-state index in [2.05, 4.69) is 44.5 Å². The van der Waals surface area contributed by atoms with Crippen LogP contribution in [0.2, 0.25) is 0 Å². The highest BCUT2D eigenvalue weighted by Gasteiger charge is 2.38. The van der Waals surface area contributed by atoms with Crippen LogP contribution < -0.4 is 0 Å². The number of hydrogen-bond donors (Lipinski definition) is 0. The summed E-state index contributed by atoms with van der Waals surface area (Å²) in [7, 11) is 2.21. The summed E-state index contributed by atoms with van der Waals surface area (Å²) in [5, 5.41) is 0. The normalized spacial score (nSPS) is 25.0. The highest BCUT2D eigenvalue weighted by molar-refractivity contribution is 4.92. The third kappa shape index (κ3) is 4.52. The van der Waals surface area contributed by atoms with Crippen molar-refractivity contribution in [1.82, 2.24) is 9.80 Å². The third-order valence-electron chi connectivity index (χ3n) is 3.88. The Kier molecular flexibility index (Phi) is 6.61. The molecule has 3 heteroatoms. The van der Waals surface area contributed by atoms with Crippen molar-refractivity contribution in [3.63, 3.8) is 0 Å². The molecule has 0 aromatic rings. The molecule has 0 saturated carbocycles. The molecule has 0 aromatic carbocycles. The maximum absolute atomic E-state index is 6.04. The molecule has 0 atom stereocenters. The van der Waals surface area contributed by atoms with Crippen LogP contribution in [0, 0.1) is 0 Å². The van der Waals surface area contributed by atoms with Gasteiger partial charge >= 0.3 is 0 Å². The number of piperidine rings is 1. The molecule has 108 valence electrons. The lowest BCUT2D eigenvalue weighted by Gasteiger charge is -2.47. The number of likely N-dealkylation sites (N-methyl/N-ethyl adjacent to an activating group) is 1. The van der Waals surface area contributed by atoms with Crippen molar-refractivity contribution >= 4 is 0 Å². The van der Waals surface area contributed by atoms with Crippen molar-refractivity contribution in [1.29, 1.82) is 0 Å². The van der Waals surface area contributed by atoms with Crippen molar-refractivity contribution < 1.29 is 4.74 Å². The first-order valence-corrected chi connectivity index (χ1v) is 7.59. The van der Waals surface area contributed by atoms with Crippen molar-refractivity contribution in [2.24, 2.45) is 0 Å². The molecule has 0 unspecified atom stereocenters. The van der Waals surface area contributed by atoms with Crippen molar-refractivity contribution in [3.05, 3.63) is 0 Å². The van der Waals surface area contributed by atoms with Crippen LogP contribution in [0.4, 0.5) is 0 Å². The molecule has 2 rings (SSSR count). The lowest BCUT2D eigenvalue weighted by atomic mass is 9.89. The van der Waals surface area contributed by atoms with Gasteiger partial charge in [-0.3, -0.25) is 0 Å². The maximum atomic E-state index is 6.04. The zero-order valence-electron chi connectivity index (χ0n) is 13.0. The van der Waals surface area contributed by atoms with E-state index in [1.807, 2.05) is 0 Å². The number of rotatable bonds is 1. The Bertz CT molecular complexity index is 223. The summed E-state index contributed by atoms with van der Waals surface area (Å²) >= 11 is 0. The first-order valence-electron chi connectivity index (χ1n) is 7.59. The van der Waals surface area contributed by atoms with Gasteiger partial charge in [-0.1, -0.05) is 20.3 Å². The Hall–Kier alpha value is -0.120. The Morgan fingerprint density at radius 2 is 1.67 bits per heavy atom. The van der Waals surface area contributed by atoms with E-state index in [0.29, 0.717) is 6.04 Å². The van der Waals surface area contributed by atoms with E-state index in [1.165, 1.54) is 32.4 Å². The zero-order chi connectivity index (χ0) is 13.6. The minimum absolute atomic E-state index is 0.179. The van der Waals surface area contributed by atoms with Crippen LogP contribution in [0.5, 0.6) is 0 Å². The number of ether oxygens (including phenoxy) is 1. The van der Waals surface area contributed by atoms with Crippen LogP contribution in [-0.2, 0) is 4.74 Å². The summed E-state index contributed by atoms with van der Waals surface area (Å²) in [6.07, 6.45) is 3.66. The van der Waals surface area contributed by atoms with E-state index in [4.69, 9.17) is 4.74 Å². The van der Waals surface area contributed by atoms with Gasteiger partial charge in [-0.05, 0) is 33.7 Å². The number of morpholine rings is 1. The van der Waals surface area contributed by atoms with Crippen molar-refractivity contribution in [3.8, 4) is 0 Å². The predicted octanol–water partition coefficient (Wildman–Crippen LogP) is 2.61. The molecule has 0 radical (unpaired) electrons. The molecule has 1 spiro atoms. The molecule has 0 amide bonds. The van der Waals surface area contributed by atoms with Gasteiger partial charge in [0, 0.05) is 32.2 Å². The molecular formula is C15H32N2O. The fourth-order valence-corrected chi connectivity index (χ4v) is 2.78. The number of likely N-dealkylation sites (tertiary alicyclic amines) is 1. The van der Waals surface area contributed by atoms with Crippen LogP contribution >= 0.6 is 0 Å². The van der Waals surface area contributed by atoms with Crippen molar-refractivity contribution in [2.75, 3.05) is 39.8 Å². The van der Waals surface area contributed by atoms with E-state index >= 15 is 0 Å². The van der Waals surface area contributed by atoms with Gasteiger partial charge in [-0.15, -0.1) is 0 Å². The molecule has 0 aliphatic carbocycles. The first kappa shape index (κ1) is 15.9. The fraction of sp³-hybridized carbons (Fsp3) is 1.00. The SMILES string of the molecule is CC(C)N1CCC2(CC1)CN(C)CCO2.CCC. The van der Waals surface area contributed by atoms with Gasteiger partial charge in [0.05, 0.1) is 12.2 Å². The standard InChI is InChI=1S/C12H24N2O.C3H8/c1-11(2)14-6-4-12(5-7-14)10-13(3)8-9-15-12;1-3-2/h11H,4-10H2,1-3H3;3H2,1-2H3. The van der Waals surface area contributed by atoms with E-state index < -0.39 is 0 Å². The Morgan fingerprint density at radius 3 is 2.11 bits per heavy atom. The molecule has 3 nitrogen and oxygen atoms in total. The molecule has 0 aromatic heterocycles. The molecule has 2 saturated heterocycles. The minimum atomic E-state index is 0.179. The Morgan fingerprint density at radius 1 is 1.11 bits per heavy atom. The van der Waals surface area contributed by atoms with E-state index in [1.54, 1.807) is 0 Å². The molecule has 0 N–H and O–H groups in total. The number of hydrogen-bond acceptors (Lipinski definition) is 3. The van der Waals surface area contributed by atoms with Gasteiger partial charge in [-0.25, -0.2) is 0 Å². The monoisotopic (exact) mass is 256 g/mol. The zero-order valence-corrected chi connectivity index (χ0v) is 13.0. The topological polar surface area (TPSA) is 15.7 Å². The molecule has 2 heterocycles. The van der Waals surface area contributed by atoms with Crippen LogP contribution in [-0.4, -0.2) is 61.3 Å². The van der Waals surface area contributed by atoms with Crippen LogP contribution in [0.25, 0.3) is 0 Å². The molecule has 2 aliphatic rings. The van der Waals surface area contributed by atoms with Gasteiger partial charge in [0.1, 0.15) is 0 Å². The molecule has 2 aliphatic heterocycles. The lowest BCUT2D eigenvalue weighted by Crippen LogP contribution is -2.56. The fourth-order valence-electron chi connectivity index (χ4n) is 2.78. The smallest absolute Gasteiger partial charge is 0.0833 e. The second kappa shape index (κ2) is 7.46. The lowest BCUT2D eigenvalue weighted by molar-refractivity contribution is -0.132. The Labute approximate surface area is 113 Å². The van der Waals surface area contributed by atoms with Gasteiger partial charge in [0.15, 0.2) is 0 Å². The second-order valence-corrected chi connectivity index (χ2v) is 6.11. The van der Waals surface area contributed by atoms with Crippen LogP contribution in [0.3, 0.4) is 0 Å². The summed E-state index contributed by atoms with van der Waals surface area (Å²) in [6.45, 7) is 14.3. The summed E-state index contributed by atoms with van der Waals surface area (Å²) < 4.78 is 6.04. The summed E-state index contributed by atoms with van der Waals surface area (Å²) in [5.74, 6) is 0. The van der Waals surface area contributed by atoms with E-state index in [-0.39, 0.29) is 5.60 Å². The van der Waals surface area contributed by atoms with Crippen LogP contribution in [0.1, 0.15) is 47.0 Å². The highest BCUT2D eigenvalue weighted by Crippen LogP contribution is 2.30. The first-order chi connectivity index (χ1) is 8.53. The summed E-state index contributed by atoms with van der Waals surface area (Å²) in [4.78, 5) is 4.97. The quantitative estimate of drug-likeness (QED) is 0.717.